The van der Waals surface area contributed by atoms with Crippen molar-refractivity contribution >= 4 is 17.9 Å². The van der Waals surface area contributed by atoms with E-state index >= 15 is 0 Å². The van der Waals surface area contributed by atoms with Gasteiger partial charge in [0, 0.05) is 19.3 Å². The van der Waals surface area contributed by atoms with Crippen molar-refractivity contribution in [2.75, 3.05) is 13.2 Å². The first-order valence-corrected chi connectivity index (χ1v) is 25.2. The van der Waals surface area contributed by atoms with E-state index in [2.05, 4.69) is 69.4 Å². The molecule has 0 amide bonds. The molecule has 0 aliphatic carbocycles. The zero-order chi connectivity index (χ0) is 43.0. The number of esters is 3. The van der Waals surface area contributed by atoms with Crippen LogP contribution in [-0.2, 0) is 28.6 Å². The molecule has 0 bridgehead atoms. The highest BCUT2D eigenvalue weighted by Gasteiger charge is 2.19. The number of carbonyl (C=O) groups is 3. The van der Waals surface area contributed by atoms with Crippen LogP contribution in [0.15, 0.2) is 48.6 Å². The van der Waals surface area contributed by atoms with Gasteiger partial charge in [0.05, 0.1) is 0 Å². The maximum Gasteiger partial charge on any atom is 0.306 e. The third kappa shape index (κ3) is 46.3. The maximum atomic E-state index is 12.7. The van der Waals surface area contributed by atoms with Gasteiger partial charge in [-0.05, 0) is 57.8 Å². The van der Waals surface area contributed by atoms with Crippen LogP contribution in [0.5, 0.6) is 0 Å². The van der Waals surface area contributed by atoms with E-state index < -0.39 is 6.10 Å². The largest absolute Gasteiger partial charge is 0.462 e. The Morgan fingerprint density at radius 2 is 0.610 bits per heavy atom. The van der Waals surface area contributed by atoms with Crippen LogP contribution in [0.4, 0.5) is 0 Å². The van der Waals surface area contributed by atoms with Crippen LogP contribution in [0.3, 0.4) is 0 Å². The minimum atomic E-state index is -0.793. The Bertz CT molecular complexity index is 1040. The molecule has 0 saturated carbocycles. The van der Waals surface area contributed by atoms with Crippen LogP contribution in [0, 0.1) is 0 Å². The van der Waals surface area contributed by atoms with Crippen LogP contribution < -0.4 is 0 Å². The van der Waals surface area contributed by atoms with Crippen molar-refractivity contribution in [2.24, 2.45) is 0 Å². The van der Waals surface area contributed by atoms with Gasteiger partial charge in [-0.1, -0.05) is 223 Å². The topological polar surface area (TPSA) is 78.9 Å². The summed E-state index contributed by atoms with van der Waals surface area (Å²) in [5.41, 5.74) is 0. The highest BCUT2D eigenvalue weighted by atomic mass is 16.6. The Hall–Kier alpha value is -2.63. The number of carbonyl (C=O) groups excluding carboxylic acids is 3. The Balaban J connectivity index is 4.31. The van der Waals surface area contributed by atoms with Crippen molar-refractivity contribution in [3.8, 4) is 0 Å². The second-order valence-corrected chi connectivity index (χ2v) is 16.8. The van der Waals surface area contributed by atoms with Crippen LogP contribution in [0.2, 0.25) is 0 Å². The van der Waals surface area contributed by atoms with Crippen LogP contribution in [-0.4, -0.2) is 37.2 Å². The molecule has 0 saturated heterocycles. The van der Waals surface area contributed by atoms with Crippen LogP contribution in [0.1, 0.15) is 252 Å². The Kier molecular flexibility index (Phi) is 45.9. The van der Waals surface area contributed by atoms with Crippen molar-refractivity contribution in [1.29, 1.82) is 0 Å². The molecule has 6 heteroatoms. The SMILES string of the molecule is CCCC/C=C\C=C/CCCCCC(=O)OCC(COC(=O)CCCCCCCCCCCCCCCCCCCCC)OC(=O)CCCCC/C=C\C=C/CCCC. The summed E-state index contributed by atoms with van der Waals surface area (Å²) in [4.78, 5) is 37.8. The van der Waals surface area contributed by atoms with E-state index in [1.165, 1.54) is 128 Å². The molecule has 0 heterocycles. The zero-order valence-electron chi connectivity index (χ0n) is 39.0. The van der Waals surface area contributed by atoms with E-state index in [-0.39, 0.29) is 31.1 Å². The van der Waals surface area contributed by atoms with Gasteiger partial charge in [0.15, 0.2) is 6.10 Å². The van der Waals surface area contributed by atoms with Gasteiger partial charge in [0.25, 0.3) is 0 Å². The first-order chi connectivity index (χ1) is 29.0. The fraction of sp³-hybridized carbons (Fsp3) is 0.792. The van der Waals surface area contributed by atoms with Gasteiger partial charge in [-0.2, -0.15) is 0 Å². The average molecular weight is 827 g/mol. The summed E-state index contributed by atoms with van der Waals surface area (Å²) in [6, 6.07) is 0. The van der Waals surface area contributed by atoms with Crippen molar-refractivity contribution in [3.63, 3.8) is 0 Å². The molecule has 6 nitrogen and oxygen atoms in total. The average Bonchev–Trinajstić information content (AvgIpc) is 3.23. The Labute approximate surface area is 365 Å². The predicted molar refractivity (Wildman–Crippen MR) is 252 cm³/mol. The zero-order valence-corrected chi connectivity index (χ0v) is 39.0. The second-order valence-electron chi connectivity index (χ2n) is 16.8. The van der Waals surface area contributed by atoms with Crippen LogP contribution in [0.25, 0.3) is 0 Å². The smallest absolute Gasteiger partial charge is 0.306 e. The normalized spacial score (nSPS) is 12.4. The molecule has 0 aromatic heterocycles. The molecule has 0 rings (SSSR count). The number of rotatable bonds is 45. The summed E-state index contributed by atoms with van der Waals surface area (Å²) in [7, 11) is 0. The predicted octanol–water partition coefficient (Wildman–Crippen LogP) is 16.3. The molecule has 0 fully saturated rings. The lowest BCUT2D eigenvalue weighted by Crippen LogP contribution is -2.30. The molecule has 0 aliphatic heterocycles. The Morgan fingerprint density at radius 3 is 0.949 bits per heavy atom. The highest BCUT2D eigenvalue weighted by Crippen LogP contribution is 2.16. The fourth-order valence-electron chi connectivity index (χ4n) is 6.98. The van der Waals surface area contributed by atoms with E-state index in [0.717, 1.165) is 83.5 Å². The maximum absolute atomic E-state index is 12.7. The van der Waals surface area contributed by atoms with Crippen molar-refractivity contribution < 1.29 is 28.6 Å². The third-order valence-corrected chi connectivity index (χ3v) is 10.9. The minimum absolute atomic E-state index is 0.0905. The molecule has 0 aromatic rings. The van der Waals surface area contributed by atoms with Crippen molar-refractivity contribution in [3.05, 3.63) is 48.6 Å². The summed E-state index contributed by atoms with van der Waals surface area (Å²) >= 11 is 0. The third-order valence-electron chi connectivity index (χ3n) is 10.9. The fourth-order valence-corrected chi connectivity index (χ4v) is 6.98. The quantitative estimate of drug-likeness (QED) is 0.0263. The first-order valence-electron chi connectivity index (χ1n) is 25.2. The molecule has 1 atom stereocenters. The van der Waals surface area contributed by atoms with E-state index in [9.17, 15) is 14.4 Å². The van der Waals surface area contributed by atoms with E-state index in [1.54, 1.807) is 0 Å². The lowest BCUT2D eigenvalue weighted by Gasteiger charge is -2.18. The number of allylic oxidation sites excluding steroid dienone is 8. The molecule has 0 spiro atoms. The summed E-state index contributed by atoms with van der Waals surface area (Å²) in [6.45, 7) is 6.50. The number of hydrogen-bond acceptors (Lipinski definition) is 6. The number of ether oxygens (including phenoxy) is 3. The van der Waals surface area contributed by atoms with Crippen molar-refractivity contribution in [1.82, 2.24) is 0 Å². The minimum Gasteiger partial charge on any atom is -0.462 e. The van der Waals surface area contributed by atoms with Crippen molar-refractivity contribution in [2.45, 2.75) is 258 Å². The van der Waals surface area contributed by atoms with Gasteiger partial charge in [0.2, 0.25) is 0 Å². The van der Waals surface area contributed by atoms with Gasteiger partial charge in [-0.25, -0.2) is 0 Å². The molecular weight excluding hydrogens is 733 g/mol. The van der Waals surface area contributed by atoms with Gasteiger partial charge < -0.3 is 14.2 Å². The summed E-state index contributed by atoms with van der Waals surface area (Å²) < 4.78 is 16.7. The van der Waals surface area contributed by atoms with Gasteiger partial charge in [-0.3, -0.25) is 14.4 Å². The monoisotopic (exact) mass is 827 g/mol. The van der Waals surface area contributed by atoms with E-state index in [0.29, 0.717) is 19.3 Å². The second kappa shape index (κ2) is 48.0. The molecule has 0 radical (unpaired) electrons. The molecular formula is C53H94O6. The Morgan fingerprint density at radius 1 is 0.339 bits per heavy atom. The summed E-state index contributed by atoms with van der Waals surface area (Å²) in [5, 5.41) is 0. The summed E-state index contributed by atoms with van der Waals surface area (Å²) in [5.74, 6) is -0.944. The van der Waals surface area contributed by atoms with E-state index in [1.807, 2.05) is 0 Å². The van der Waals surface area contributed by atoms with E-state index in [4.69, 9.17) is 14.2 Å². The number of hydrogen-bond donors (Lipinski definition) is 0. The highest BCUT2D eigenvalue weighted by molar-refractivity contribution is 5.71. The molecule has 1 unspecified atom stereocenters. The summed E-state index contributed by atoms with van der Waals surface area (Å²) in [6.07, 6.45) is 56.8. The van der Waals surface area contributed by atoms with Gasteiger partial charge in [0.1, 0.15) is 13.2 Å². The van der Waals surface area contributed by atoms with Gasteiger partial charge in [-0.15, -0.1) is 0 Å². The molecule has 0 N–H and O–H groups in total. The molecule has 59 heavy (non-hydrogen) atoms. The molecule has 0 aromatic carbocycles. The molecule has 342 valence electrons. The first kappa shape index (κ1) is 56.4. The lowest BCUT2D eigenvalue weighted by atomic mass is 10.0. The number of unbranched alkanes of at least 4 members (excludes halogenated alkanes) is 28. The molecule has 0 aliphatic rings. The standard InChI is InChI=1S/C53H94O6/c1-4-7-10-13-16-19-22-23-24-25-26-27-28-29-32-34-37-40-43-46-52(55)58-49-50(59-53(56)47-44-41-38-35-31-21-18-15-12-9-6-3)48-57-51(54)45-42-39-36-33-30-20-17-14-11-8-5-2/h14-15,17-18,20-21,30-31,50H,4-13,16,19,22-29,32-49H2,1-3H3/b17-14-,18-15-,30-20-,31-21-. The van der Waals surface area contributed by atoms with Gasteiger partial charge >= 0.3 is 17.9 Å². The van der Waals surface area contributed by atoms with Crippen LogP contribution >= 0.6 is 0 Å². The lowest BCUT2D eigenvalue weighted by molar-refractivity contribution is -0.167.